The maximum absolute atomic E-state index is 11.8. The first-order valence-corrected chi connectivity index (χ1v) is 6.37. The fourth-order valence-corrected chi connectivity index (χ4v) is 3.18. The molecule has 82 valence electrons. The maximum atomic E-state index is 11.8. The van der Waals surface area contributed by atoms with Crippen LogP contribution in [0.2, 0.25) is 0 Å². The predicted molar refractivity (Wildman–Crippen MR) is 56.3 cm³/mol. The Morgan fingerprint density at radius 1 is 1.27 bits per heavy atom. The maximum Gasteiger partial charge on any atom is 0.180 e. The van der Waals surface area contributed by atoms with E-state index in [0.717, 1.165) is 12.8 Å². The van der Waals surface area contributed by atoms with Crippen molar-refractivity contribution in [2.24, 2.45) is 5.73 Å². The third kappa shape index (κ3) is 2.30. The number of rotatable bonds is 3. The van der Waals surface area contributed by atoms with E-state index in [1.807, 2.05) is 0 Å². The highest BCUT2D eigenvalue weighted by Crippen LogP contribution is 2.35. The number of benzene rings is 1. The van der Waals surface area contributed by atoms with Gasteiger partial charge in [-0.05, 0) is 37.1 Å². The molecule has 0 bridgehead atoms. The SMILES string of the molecule is NC1(CS(=O)(=O)c2ccc(O)cc2)CC1. The number of hydrogen-bond acceptors (Lipinski definition) is 4. The Kier molecular flexibility index (Phi) is 2.24. The van der Waals surface area contributed by atoms with Crippen LogP contribution in [0.25, 0.3) is 0 Å². The van der Waals surface area contributed by atoms with Gasteiger partial charge < -0.3 is 10.8 Å². The van der Waals surface area contributed by atoms with Gasteiger partial charge in [-0.25, -0.2) is 8.42 Å². The van der Waals surface area contributed by atoms with Gasteiger partial charge in [-0.3, -0.25) is 0 Å². The summed E-state index contributed by atoms with van der Waals surface area (Å²) in [6, 6.07) is 5.53. The van der Waals surface area contributed by atoms with Gasteiger partial charge in [-0.1, -0.05) is 0 Å². The highest BCUT2D eigenvalue weighted by molar-refractivity contribution is 7.91. The Morgan fingerprint density at radius 3 is 2.27 bits per heavy atom. The third-order valence-electron chi connectivity index (χ3n) is 2.57. The molecule has 0 atom stereocenters. The molecule has 1 fully saturated rings. The molecule has 1 aromatic carbocycles. The van der Waals surface area contributed by atoms with E-state index in [4.69, 9.17) is 10.8 Å². The molecule has 0 radical (unpaired) electrons. The van der Waals surface area contributed by atoms with Crippen LogP contribution in [0.4, 0.5) is 0 Å². The van der Waals surface area contributed by atoms with Crippen LogP contribution >= 0.6 is 0 Å². The second-order valence-electron chi connectivity index (χ2n) is 4.12. The van der Waals surface area contributed by atoms with Gasteiger partial charge in [-0.2, -0.15) is 0 Å². The lowest BCUT2D eigenvalue weighted by Gasteiger charge is -2.09. The molecule has 5 heteroatoms. The quantitative estimate of drug-likeness (QED) is 0.794. The zero-order valence-electron chi connectivity index (χ0n) is 8.18. The normalized spacial score (nSPS) is 18.7. The van der Waals surface area contributed by atoms with Gasteiger partial charge in [0.1, 0.15) is 5.75 Å². The van der Waals surface area contributed by atoms with Gasteiger partial charge in [-0.15, -0.1) is 0 Å². The zero-order valence-corrected chi connectivity index (χ0v) is 9.00. The molecule has 0 spiro atoms. The molecule has 15 heavy (non-hydrogen) atoms. The van der Waals surface area contributed by atoms with Crippen LogP contribution in [0.3, 0.4) is 0 Å². The van der Waals surface area contributed by atoms with Gasteiger partial charge in [0.05, 0.1) is 10.6 Å². The van der Waals surface area contributed by atoms with E-state index in [2.05, 4.69) is 0 Å². The predicted octanol–water partition coefficient (Wildman–Crippen LogP) is 0.657. The summed E-state index contributed by atoms with van der Waals surface area (Å²) < 4.78 is 23.7. The van der Waals surface area contributed by atoms with Crippen molar-refractivity contribution in [3.8, 4) is 5.75 Å². The first kappa shape index (κ1) is 10.4. The van der Waals surface area contributed by atoms with E-state index >= 15 is 0 Å². The van der Waals surface area contributed by atoms with Crippen LogP contribution in [0.5, 0.6) is 5.75 Å². The second kappa shape index (κ2) is 3.21. The summed E-state index contributed by atoms with van der Waals surface area (Å²) in [5, 5.41) is 9.05. The van der Waals surface area contributed by atoms with E-state index in [-0.39, 0.29) is 16.4 Å². The van der Waals surface area contributed by atoms with E-state index in [1.54, 1.807) is 0 Å². The number of hydrogen-bond donors (Lipinski definition) is 2. The van der Waals surface area contributed by atoms with Gasteiger partial charge in [0.2, 0.25) is 0 Å². The molecule has 0 saturated heterocycles. The monoisotopic (exact) mass is 227 g/mol. The average Bonchev–Trinajstić information content (AvgIpc) is 2.82. The zero-order chi connectivity index (χ0) is 11.1. The van der Waals surface area contributed by atoms with Gasteiger partial charge in [0, 0.05) is 5.54 Å². The third-order valence-corrected chi connectivity index (χ3v) is 4.51. The minimum atomic E-state index is -3.31. The molecule has 0 amide bonds. The van der Waals surface area contributed by atoms with Gasteiger partial charge in [0.15, 0.2) is 9.84 Å². The molecule has 0 unspecified atom stereocenters. The first-order valence-electron chi connectivity index (χ1n) is 4.72. The summed E-state index contributed by atoms with van der Waals surface area (Å²) in [6.45, 7) is 0. The number of phenolic OH excluding ortho intramolecular Hbond substituents is 1. The number of nitrogens with two attached hydrogens (primary N) is 1. The molecular formula is C10H13NO3S. The molecule has 1 saturated carbocycles. The van der Waals surface area contributed by atoms with Crippen molar-refractivity contribution < 1.29 is 13.5 Å². The molecule has 2 rings (SSSR count). The van der Waals surface area contributed by atoms with Crippen LogP contribution in [0.15, 0.2) is 29.2 Å². The lowest BCUT2D eigenvalue weighted by Crippen LogP contribution is -2.31. The average molecular weight is 227 g/mol. The summed E-state index contributed by atoms with van der Waals surface area (Å²) in [5.74, 6) is 0.0490. The van der Waals surface area contributed by atoms with E-state index in [1.165, 1.54) is 24.3 Å². The molecule has 4 nitrogen and oxygen atoms in total. The Morgan fingerprint density at radius 2 is 1.80 bits per heavy atom. The van der Waals surface area contributed by atoms with Crippen molar-refractivity contribution in [1.82, 2.24) is 0 Å². The summed E-state index contributed by atoms with van der Waals surface area (Å²) in [4.78, 5) is 0.219. The molecule has 1 aliphatic rings. The minimum absolute atomic E-state index is 0.00915. The molecule has 0 aromatic heterocycles. The first-order chi connectivity index (χ1) is 6.91. The Labute approximate surface area is 88.6 Å². The molecule has 1 aromatic rings. The van der Waals surface area contributed by atoms with Crippen molar-refractivity contribution in [1.29, 1.82) is 0 Å². The van der Waals surface area contributed by atoms with Crippen LogP contribution < -0.4 is 5.73 Å². The number of sulfone groups is 1. The van der Waals surface area contributed by atoms with Crippen molar-refractivity contribution in [2.45, 2.75) is 23.3 Å². The Bertz CT molecular complexity index is 460. The molecule has 0 heterocycles. The van der Waals surface area contributed by atoms with Crippen molar-refractivity contribution >= 4 is 9.84 Å². The standard InChI is InChI=1S/C10H13NO3S/c11-10(5-6-10)7-15(13,14)9-3-1-8(12)2-4-9/h1-4,12H,5-7,11H2. The van der Waals surface area contributed by atoms with Crippen LogP contribution in [-0.4, -0.2) is 24.8 Å². The number of phenols is 1. The van der Waals surface area contributed by atoms with Gasteiger partial charge >= 0.3 is 0 Å². The lowest BCUT2D eigenvalue weighted by atomic mass is 10.3. The highest BCUT2D eigenvalue weighted by Gasteiger charge is 2.42. The van der Waals surface area contributed by atoms with Crippen molar-refractivity contribution in [3.63, 3.8) is 0 Å². The van der Waals surface area contributed by atoms with Crippen LogP contribution in [0, 0.1) is 0 Å². The molecule has 3 N–H and O–H groups in total. The second-order valence-corrected chi connectivity index (χ2v) is 6.10. The molecule has 1 aliphatic carbocycles. The van der Waals surface area contributed by atoms with E-state index in [0.29, 0.717) is 0 Å². The smallest absolute Gasteiger partial charge is 0.180 e. The Balaban J connectivity index is 2.25. The van der Waals surface area contributed by atoms with Crippen LogP contribution in [0.1, 0.15) is 12.8 Å². The summed E-state index contributed by atoms with van der Waals surface area (Å²) in [7, 11) is -3.31. The fourth-order valence-electron chi connectivity index (χ4n) is 1.42. The lowest BCUT2D eigenvalue weighted by molar-refractivity contribution is 0.475. The van der Waals surface area contributed by atoms with Crippen LogP contribution in [-0.2, 0) is 9.84 Å². The summed E-state index contributed by atoms with van der Waals surface area (Å²) >= 11 is 0. The minimum Gasteiger partial charge on any atom is -0.508 e. The molecule has 0 aliphatic heterocycles. The summed E-state index contributed by atoms with van der Waals surface area (Å²) in [6.07, 6.45) is 1.54. The number of aromatic hydroxyl groups is 1. The fraction of sp³-hybridized carbons (Fsp3) is 0.400. The largest absolute Gasteiger partial charge is 0.508 e. The van der Waals surface area contributed by atoms with E-state index < -0.39 is 15.4 Å². The highest BCUT2D eigenvalue weighted by atomic mass is 32.2. The van der Waals surface area contributed by atoms with Gasteiger partial charge in [0.25, 0.3) is 0 Å². The van der Waals surface area contributed by atoms with Crippen molar-refractivity contribution in [3.05, 3.63) is 24.3 Å². The Hall–Kier alpha value is -1.07. The molecular weight excluding hydrogens is 214 g/mol. The topological polar surface area (TPSA) is 80.4 Å². The summed E-state index contributed by atoms with van der Waals surface area (Å²) in [5.41, 5.74) is 5.25. The van der Waals surface area contributed by atoms with E-state index in [9.17, 15) is 8.42 Å². The van der Waals surface area contributed by atoms with Crippen molar-refractivity contribution in [2.75, 3.05) is 5.75 Å².